The Morgan fingerprint density at radius 2 is 1.93 bits per heavy atom. The quantitative estimate of drug-likeness (QED) is 0.500. The van der Waals surface area contributed by atoms with Gasteiger partial charge in [-0.15, -0.1) is 0 Å². The van der Waals surface area contributed by atoms with Gasteiger partial charge in [-0.1, -0.05) is 26.2 Å². The number of carboxylic acids is 1. The fourth-order valence-corrected chi connectivity index (χ4v) is 1.30. The molecule has 0 rings (SSSR count). The molecule has 0 aromatic heterocycles. The van der Waals surface area contributed by atoms with Crippen molar-refractivity contribution in [1.82, 2.24) is 5.32 Å². The zero-order valence-corrected chi connectivity index (χ0v) is 9.38. The lowest BCUT2D eigenvalue weighted by Gasteiger charge is -2.04. The van der Waals surface area contributed by atoms with Crippen LogP contribution in [-0.4, -0.2) is 24.0 Å². The smallest absolute Gasteiger partial charge is 0.328 e. The highest BCUT2D eigenvalue weighted by molar-refractivity contribution is 5.98. The second-order valence-electron chi connectivity index (χ2n) is 3.40. The summed E-state index contributed by atoms with van der Waals surface area (Å²) in [7, 11) is 1.50. The van der Waals surface area contributed by atoms with Crippen LogP contribution in [-0.2, 0) is 9.59 Å². The normalized spacial score (nSPS) is 11.2. The lowest BCUT2D eigenvalue weighted by molar-refractivity contribution is -0.131. The van der Waals surface area contributed by atoms with Crippen molar-refractivity contribution < 1.29 is 14.7 Å². The van der Waals surface area contributed by atoms with Crippen molar-refractivity contribution in [2.24, 2.45) is 0 Å². The minimum atomic E-state index is -1.07. The van der Waals surface area contributed by atoms with E-state index in [0.717, 1.165) is 31.8 Å². The third-order valence-electron chi connectivity index (χ3n) is 2.12. The molecule has 0 atom stereocenters. The Morgan fingerprint density at radius 3 is 2.40 bits per heavy atom. The van der Waals surface area contributed by atoms with Crippen molar-refractivity contribution in [1.29, 1.82) is 0 Å². The number of unbranched alkanes of at least 4 members (excludes halogenated alkanes) is 3. The van der Waals surface area contributed by atoms with Gasteiger partial charge in [0, 0.05) is 18.7 Å². The average molecular weight is 213 g/mol. The molecule has 0 bridgehead atoms. The van der Waals surface area contributed by atoms with E-state index in [0.29, 0.717) is 12.0 Å². The molecule has 0 unspecified atom stereocenters. The number of nitrogens with one attached hydrogen (secondary N) is 1. The lowest BCUT2D eigenvalue weighted by Crippen LogP contribution is -2.20. The van der Waals surface area contributed by atoms with E-state index >= 15 is 0 Å². The van der Waals surface area contributed by atoms with Gasteiger partial charge in [-0.05, 0) is 12.8 Å². The van der Waals surface area contributed by atoms with Crippen LogP contribution < -0.4 is 5.32 Å². The van der Waals surface area contributed by atoms with Gasteiger partial charge in [0.15, 0.2) is 0 Å². The van der Waals surface area contributed by atoms with Gasteiger partial charge in [0.2, 0.25) is 5.91 Å². The Kier molecular flexibility index (Phi) is 7.32. The van der Waals surface area contributed by atoms with E-state index in [-0.39, 0.29) is 5.91 Å². The van der Waals surface area contributed by atoms with Crippen LogP contribution in [0.3, 0.4) is 0 Å². The number of aliphatic carboxylic acids is 1. The third-order valence-corrected chi connectivity index (χ3v) is 2.12. The van der Waals surface area contributed by atoms with Gasteiger partial charge in [-0.2, -0.15) is 0 Å². The number of carboxylic acid groups (broad SMARTS) is 1. The summed E-state index contributed by atoms with van der Waals surface area (Å²) < 4.78 is 0. The summed E-state index contributed by atoms with van der Waals surface area (Å²) in [6.45, 7) is 2.10. The molecule has 2 N–H and O–H groups in total. The van der Waals surface area contributed by atoms with E-state index < -0.39 is 5.97 Å². The number of amides is 1. The second-order valence-corrected chi connectivity index (χ2v) is 3.40. The zero-order valence-electron chi connectivity index (χ0n) is 9.38. The third kappa shape index (κ3) is 6.71. The van der Waals surface area contributed by atoms with Crippen molar-refractivity contribution in [3.8, 4) is 0 Å². The highest BCUT2D eigenvalue weighted by Crippen LogP contribution is 2.10. The Bertz CT molecular complexity index is 246. The summed E-state index contributed by atoms with van der Waals surface area (Å²) in [5.41, 5.74) is 0.348. The summed E-state index contributed by atoms with van der Waals surface area (Å²) >= 11 is 0. The van der Waals surface area contributed by atoms with Gasteiger partial charge < -0.3 is 10.4 Å². The zero-order chi connectivity index (χ0) is 11.7. The van der Waals surface area contributed by atoms with Gasteiger partial charge in [-0.3, -0.25) is 4.79 Å². The van der Waals surface area contributed by atoms with Crippen LogP contribution in [0.5, 0.6) is 0 Å². The van der Waals surface area contributed by atoms with Crippen LogP contribution in [0.15, 0.2) is 11.6 Å². The van der Waals surface area contributed by atoms with E-state index in [9.17, 15) is 9.59 Å². The van der Waals surface area contributed by atoms with Crippen LogP contribution in [0.25, 0.3) is 0 Å². The van der Waals surface area contributed by atoms with Crippen molar-refractivity contribution in [2.45, 2.75) is 39.0 Å². The number of hydrogen-bond donors (Lipinski definition) is 2. The molecule has 0 spiro atoms. The van der Waals surface area contributed by atoms with E-state index in [1.165, 1.54) is 7.05 Å². The van der Waals surface area contributed by atoms with Gasteiger partial charge in [0.05, 0.1) is 0 Å². The van der Waals surface area contributed by atoms with Crippen molar-refractivity contribution in [2.75, 3.05) is 7.05 Å². The number of carbonyl (C=O) groups excluding carboxylic acids is 1. The maximum absolute atomic E-state index is 11.3. The standard InChI is InChI=1S/C11H19NO3/c1-3-4-5-6-7-9(8-10(13)14)11(15)12-2/h8H,3-7H2,1-2H3,(H,12,15)(H,13,14)/b9-8-. The lowest BCUT2D eigenvalue weighted by atomic mass is 10.1. The van der Waals surface area contributed by atoms with Crippen LogP contribution in [0.2, 0.25) is 0 Å². The molecule has 0 aliphatic heterocycles. The first-order valence-corrected chi connectivity index (χ1v) is 5.27. The van der Waals surface area contributed by atoms with Crippen molar-refractivity contribution in [3.63, 3.8) is 0 Å². The molecule has 1 amide bonds. The minimum absolute atomic E-state index is 0.297. The van der Waals surface area contributed by atoms with Crippen molar-refractivity contribution in [3.05, 3.63) is 11.6 Å². The molecule has 0 aromatic carbocycles. The molecule has 0 aliphatic rings. The first-order chi connectivity index (χ1) is 7.11. The molecule has 86 valence electrons. The number of hydrogen-bond acceptors (Lipinski definition) is 2. The van der Waals surface area contributed by atoms with Crippen LogP contribution in [0.1, 0.15) is 39.0 Å². The molecule has 0 aliphatic carbocycles. The largest absolute Gasteiger partial charge is 0.478 e. The number of carbonyl (C=O) groups is 2. The molecule has 15 heavy (non-hydrogen) atoms. The van der Waals surface area contributed by atoms with Gasteiger partial charge in [0.1, 0.15) is 0 Å². The summed E-state index contributed by atoms with van der Waals surface area (Å²) in [5, 5.41) is 11.0. The van der Waals surface area contributed by atoms with Crippen LogP contribution in [0, 0.1) is 0 Å². The van der Waals surface area contributed by atoms with Gasteiger partial charge >= 0.3 is 5.97 Å². The number of rotatable bonds is 7. The first kappa shape index (κ1) is 13.7. The minimum Gasteiger partial charge on any atom is -0.478 e. The first-order valence-electron chi connectivity index (χ1n) is 5.27. The topological polar surface area (TPSA) is 66.4 Å². The monoisotopic (exact) mass is 213 g/mol. The predicted molar refractivity (Wildman–Crippen MR) is 58.5 cm³/mol. The fraction of sp³-hybridized carbons (Fsp3) is 0.636. The molecule has 0 radical (unpaired) electrons. The summed E-state index contributed by atoms with van der Waals surface area (Å²) in [4.78, 5) is 21.7. The van der Waals surface area contributed by atoms with Gasteiger partial charge in [-0.25, -0.2) is 4.79 Å². The second kappa shape index (κ2) is 8.03. The van der Waals surface area contributed by atoms with Gasteiger partial charge in [0.25, 0.3) is 0 Å². The Labute approximate surface area is 90.4 Å². The molecular formula is C11H19NO3. The van der Waals surface area contributed by atoms with Crippen LogP contribution >= 0.6 is 0 Å². The molecule has 0 heterocycles. The summed E-state index contributed by atoms with van der Waals surface area (Å²) in [6.07, 6.45) is 5.66. The van der Waals surface area contributed by atoms with E-state index in [1.54, 1.807) is 0 Å². The number of likely N-dealkylation sites (N-methyl/N-ethyl adjacent to an activating group) is 1. The Balaban J connectivity index is 4.15. The highest BCUT2D eigenvalue weighted by Gasteiger charge is 2.08. The van der Waals surface area contributed by atoms with Crippen LogP contribution in [0.4, 0.5) is 0 Å². The molecule has 0 aromatic rings. The maximum Gasteiger partial charge on any atom is 0.328 e. The molecule has 0 saturated carbocycles. The Morgan fingerprint density at radius 1 is 1.27 bits per heavy atom. The molecular weight excluding hydrogens is 194 g/mol. The average Bonchev–Trinajstić information content (AvgIpc) is 2.21. The Hall–Kier alpha value is -1.32. The summed E-state index contributed by atoms with van der Waals surface area (Å²) in [5.74, 6) is -1.36. The van der Waals surface area contributed by atoms with E-state index in [1.807, 2.05) is 0 Å². The molecule has 4 nitrogen and oxygen atoms in total. The summed E-state index contributed by atoms with van der Waals surface area (Å²) in [6, 6.07) is 0. The van der Waals surface area contributed by atoms with Crippen molar-refractivity contribution >= 4 is 11.9 Å². The van der Waals surface area contributed by atoms with E-state index in [2.05, 4.69) is 12.2 Å². The van der Waals surface area contributed by atoms with E-state index in [4.69, 9.17) is 5.11 Å². The predicted octanol–water partition coefficient (Wildman–Crippen LogP) is 1.71. The maximum atomic E-state index is 11.3. The molecule has 0 fully saturated rings. The SMILES string of the molecule is CCCCCC/C(=C/C(=O)O)C(=O)NC. The molecule has 0 saturated heterocycles. The molecule has 4 heteroatoms. The fourth-order valence-electron chi connectivity index (χ4n) is 1.30. The highest BCUT2D eigenvalue weighted by atomic mass is 16.4.